The van der Waals surface area contributed by atoms with E-state index >= 15 is 0 Å². The molecule has 2 rings (SSSR count). The van der Waals surface area contributed by atoms with Gasteiger partial charge in [-0.15, -0.1) is 6.42 Å². The average Bonchev–Trinajstić information content (AvgIpc) is 2.70. The first-order valence-corrected chi connectivity index (χ1v) is 5.32. The molecular formula is C13H14N2O. The average molecular weight is 214 g/mol. The van der Waals surface area contributed by atoms with E-state index in [1.165, 1.54) is 0 Å². The van der Waals surface area contributed by atoms with Crippen molar-refractivity contribution in [1.82, 2.24) is 0 Å². The maximum Gasteiger partial charge on any atom is 0.227 e. The van der Waals surface area contributed by atoms with Gasteiger partial charge >= 0.3 is 0 Å². The zero-order valence-corrected chi connectivity index (χ0v) is 9.02. The largest absolute Gasteiger partial charge is 0.330 e. The van der Waals surface area contributed by atoms with Crippen LogP contribution in [0.4, 0.5) is 5.69 Å². The molecule has 0 aliphatic carbocycles. The van der Waals surface area contributed by atoms with Gasteiger partial charge in [-0.05, 0) is 24.6 Å². The van der Waals surface area contributed by atoms with Crippen LogP contribution >= 0.6 is 0 Å². The molecule has 1 unspecified atom stereocenters. The Balaban J connectivity index is 2.32. The molecule has 0 radical (unpaired) electrons. The second kappa shape index (κ2) is 4.38. The molecule has 1 heterocycles. The van der Waals surface area contributed by atoms with Gasteiger partial charge < -0.3 is 10.6 Å². The van der Waals surface area contributed by atoms with Gasteiger partial charge in [0.25, 0.3) is 0 Å². The second-order valence-corrected chi connectivity index (χ2v) is 3.97. The van der Waals surface area contributed by atoms with Crippen molar-refractivity contribution in [2.24, 2.45) is 11.7 Å². The van der Waals surface area contributed by atoms with Gasteiger partial charge in [0.2, 0.25) is 5.91 Å². The van der Waals surface area contributed by atoms with Crippen LogP contribution in [0.15, 0.2) is 24.3 Å². The van der Waals surface area contributed by atoms with Gasteiger partial charge in [-0.1, -0.05) is 18.1 Å². The molecule has 0 bridgehead atoms. The van der Waals surface area contributed by atoms with Crippen molar-refractivity contribution in [3.8, 4) is 12.3 Å². The molecule has 1 aromatic carbocycles. The van der Waals surface area contributed by atoms with Crippen LogP contribution in [0.5, 0.6) is 0 Å². The number of nitrogens with zero attached hydrogens (tertiary/aromatic N) is 1. The molecular weight excluding hydrogens is 200 g/mol. The van der Waals surface area contributed by atoms with Crippen LogP contribution in [-0.4, -0.2) is 19.0 Å². The monoisotopic (exact) mass is 214 g/mol. The summed E-state index contributed by atoms with van der Waals surface area (Å²) >= 11 is 0. The Morgan fingerprint density at radius 3 is 2.88 bits per heavy atom. The van der Waals surface area contributed by atoms with Gasteiger partial charge in [0.05, 0.1) is 5.69 Å². The smallest absolute Gasteiger partial charge is 0.227 e. The highest BCUT2D eigenvalue weighted by Gasteiger charge is 2.30. The van der Waals surface area contributed by atoms with Crippen LogP contribution in [0, 0.1) is 18.3 Å². The number of anilines is 1. The molecule has 3 nitrogen and oxygen atoms in total. The number of para-hydroxylation sites is 1. The second-order valence-electron chi connectivity index (χ2n) is 3.97. The van der Waals surface area contributed by atoms with Crippen LogP contribution in [0.2, 0.25) is 0 Å². The van der Waals surface area contributed by atoms with Crippen molar-refractivity contribution in [2.45, 2.75) is 6.42 Å². The number of hydrogen-bond acceptors (Lipinski definition) is 2. The first-order valence-electron chi connectivity index (χ1n) is 5.32. The van der Waals surface area contributed by atoms with E-state index in [0.29, 0.717) is 19.5 Å². The van der Waals surface area contributed by atoms with E-state index in [1.807, 2.05) is 24.3 Å². The fraction of sp³-hybridized carbons (Fsp3) is 0.308. The predicted octanol–water partition coefficient (Wildman–Crippen LogP) is 0.980. The number of carbonyl (C=O) groups excluding carboxylic acids is 1. The molecule has 3 heteroatoms. The topological polar surface area (TPSA) is 46.3 Å². The van der Waals surface area contributed by atoms with Gasteiger partial charge in [-0.25, -0.2) is 0 Å². The number of carbonyl (C=O) groups is 1. The lowest BCUT2D eigenvalue weighted by molar-refractivity contribution is -0.117. The molecule has 1 saturated heterocycles. The minimum Gasteiger partial charge on any atom is -0.330 e. The summed E-state index contributed by atoms with van der Waals surface area (Å²) in [5.74, 6) is 2.96. The Labute approximate surface area is 95.2 Å². The molecule has 2 N–H and O–H groups in total. The van der Waals surface area contributed by atoms with E-state index < -0.39 is 0 Å². The summed E-state index contributed by atoms with van der Waals surface area (Å²) < 4.78 is 0. The Hall–Kier alpha value is -1.79. The van der Waals surface area contributed by atoms with E-state index in [2.05, 4.69) is 5.92 Å². The summed E-state index contributed by atoms with van der Waals surface area (Å²) in [4.78, 5) is 13.6. The van der Waals surface area contributed by atoms with E-state index in [-0.39, 0.29) is 11.8 Å². The summed E-state index contributed by atoms with van der Waals surface area (Å²) in [6.45, 7) is 1.22. The van der Waals surface area contributed by atoms with Crippen LogP contribution < -0.4 is 10.6 Å². The number of terminal acetylenes is 1. The summed E-state index contributed by atoms with van der Waals surface area (Å²) in [6.07, 6.45) is 5.94. The molecule has 0 saturated carbocycles. The fourth-order valence-corrected chi connectivity index (χ4v) is 2.00. The van der Waals surface area contributed by atoms with Crippen LogP contribution in [0.25, 0.3) is 0 Å². The SMILES string of the molecule is C#Cc1ccccc1N1CC(CN)CC1=O. The first kappa shape index (κ1) is 10.7. The summed E-state index contributed by atoms with van der Waals surface area (Å²) in [6, 6.07) is 7.49. The Kier molecular flexibility index (Phi) is 2.93. The summed E-state index contributed by atoms with van der Waals surface area (Å²) in [5, 5.41) is 0. The molecule has 1 atom stereocenters. The third-order valence-corrected chi connectivity index (χ3v) is 2.89. The van der Waals surface area contributed by atoms with Gasteiger partial charge in [0, 0.05) is 18.5 Å². The third-order valence-electron chi connectivity index (χ3n) is 2.89. The molecule has 1 aromatic rings. The Bertz CT molecular complexity index is 447. The Morgan fingerprint density at radius 1 is 1.50 bits per heavy atom. The van der Waals surface area contributed by atoms with E-state index in [9.17, 15) is 4.79 Å². The zero-order valence-electron chi connectivity index (χ0n) is 9.02. The lowest BCUT2D eigenvalue weighted by Crippen LogP contribution is -2.26. The Morgan fingerprint density at radius 2 is 2.25 bits per heavy atom. The molecule has 1 aliphatic rings. The standard InChI is InChI=1S/C13H14N2O/c1-2-11-5-3-4-6-12(11)15-9-10(8-14)7-13(15)16/h1,3-6,10H,7-9,14H2. The highest BCUT2D eigenvalue weighted by molar-refractivity contribution is 5.97. The van der Waals surface area contributed by atoms with E-state index in [4.69, 9.17) is 12.2 Å². The van der Waals surface area contributed by atoms with Crippen LogP contribution in [-0.2, 0) is 4.79 Å². The molecule has 16 heavy (non-hydrogen) atoms. The van der Waals surface area contributed by atoms with Crippen molar-refractivity contribution in [1.29, 1.82) is 0 Å². The first-order chi connectivity index (χ1) is 7.76. The molecule has 1 aliphatic heterocycles. The quantitative estimate of drug-likeness (QED) is 0.746. The number of amides is 1. The van der Waals surface area contributed by atoms with Crippen molar-refractivity contribution >= 4 is 11.6 Å². The van der Waals surface area contributed by atoms with Crippen molar-refractivity contribution in [3.63, 3.8) is 0 Å². The highest BCUT2D eigenvalue weighted by atomic mass is 16.2. The number of nitrogens with two attached hydrogens (primary N) is 1. The number of hydrogen-bond donors (Lipinski definition) is 1. The number of benzene rings is 1. The number of rotatable bonds is 2. The minimum absolute atomic E-state index is 0.109. The summed E-state index contributed by atoms with van der Waals surface area (Å²) in [7, 11) is 0. The molecule has 0 aromatic heterocycles. The van der Waals surface area contributed by atoms with Crippen LogP contribution in [0.3, 0.4) is 0 Å². The van der Waals surface area contributed by atoms with Gasteiger partial charge in [-0.2, -0.15) is 0 Å². The minimum atomic E-state index is 0.109. The molecule has 1 amide bonds. The zero-order chi connectivity index (χ0) is 11.5. The van der Waals surface area contributed by atoms with Gasteiger partial charge in [-0.3, -0.25) is 4.79 Å². The summed E-state index contributed by atoms with van der Waals surface area (Å²) in [5.41, 5.74) is 7.17. The predicted molar refractivity (Wildman–Crippen MR) is 63.9 cm³/mol. The van der Waals surface area contributed by atoms with Crippen molar-refractivity contribution in [2.75, 3.05) is 18.0 Å². The van der Waals surface area contributed by atoms with Crippen molar-refractivity contribution < 1.29 is 4.79 Å². The van der Waals surface area contributed by atoms with Crippen molar-refractivity contribution in [3.05, 3.63) is 29.8 Å². The third kappa shape index (κ3) is 1.80. The molecule has 0 spiro atoms. The normalized spacial score (nSPS) is 19.9. The lowest BCUT2D eigenvalue weighted by Gasteiger charge is -2.18. The van der Waals surface area contributed by atoms with Crippen LogP contribution in [0.1, 0.15) is 12.0 Å². The van der Waals surface area contributed by atoms with E-state index in [1.54, 1.807) is 4.90 Å². The lowest BCUT2D eigenvalue weighted by atomic mass is 10.1. The maximum absolute atomic E-state index is 11.8. The van der Waals surface area contributed by atoms with E-state index in [0.717, 1.165) is 11.3 Å². The maximum atomic E-state index is 11.8. The molecule has 1 fully saturated rings. The molecule has 82 valence electrons. The highest BCUT2D eigenvalue weighted by Crippen LogP contribution is 2.27. The van der Waals surface area contributed by atoms with Gasteiger partial charge in [0.1, 0.15) is 0 Å². The van der Waals surface area contributed by atoms with Gasteiger partial charge in [0.15, 0.2) is 0 Å². The fourth-order valence-electron chi connectivity index (χ4n) is 2.00.